The van der Waals surface area contributed by atoms with Crippen LogP contribution < -0.4 is 4.74 Å². The second kappa shape index (κ2) is 4.12. The fourth-order valence-electron chi connectivity index (χ4n) is 1.05. The molecule has 1 rings (SSSR count). The summed E-state index contributed by atoms with van der Waals surface area (Å²) in [6, 6.07) is 5.73. The monoisotopic (exact) mass is 166 g/mol. The molecule has 2 heteroatoms. The number of aryl methyl sites for hydroxylation is 1. The summed E-state index contributed by atoms with van der Waals surface area (Å²) in [6.07, 6.45) is 0. The minimum atomic E-state index is 0.0698. The van der Waals surface area contributed by atoms with Crippen LogP contribution in [0.3, 0.4) is 0 Å². The normalized spacial score (nSPS) is 9.92. The third kappa shape index (κ3) is 1.98. The Labute approximate surface area is 72.8 Å². The van der Waals surface area contributed by atoms with Gasteiger partial charge in [-0.15, -0.1) is 0 Å². The number of rotatable bonds is 3. The highest BCUT2D eigenvalue weighted by Crippen LogP contribution is 2.19. The second-order valence-electron chi connectivity index (χ2n) is 2.69. The standard InChI is InChI=1S/C10H14O2/c1-3-12-10-6-9(7-11)5-4-8(10)2/h4-6,11H,3,7H2,1-2H3. The molecule has 1 aromatic rings. The zero-order chi connectivity index (χ0) is 8.97. The Bertz CT molecular complexity index is 256. The second-order valence-corrected chi connectivity index (χ2v) is 2.69. The van der Waals surface area contributed by atoms with Crippen molar-refractivity contribution in [2.75, 3.05) is 6.61 Å². The number of aliphatic hydroxyl groups is 1. The maximum Gasteiger partial charge on any atom is 0.122 e. The number of benzene rings is 1. The molecule has 0 aliphatic carbocycles. The van der Waals surface area contributed by atoms with Gasteiger partial charge in [-0.25, -0.2) is 0 Å². The minimum absolute atomic E-state index is 0.0698. The predicted molar refractivity (Wildman–Crippen MR) is 48.3 cm³/mol. The van der Waals surface area contributed by atoms with Crippen LogP contribution in [0.1, 0.15) is 18.1 Å². The van der Waals surface area contributed by atoms with E-state index in [2.05, 4.69) is 0 Å². The molecule has 0 spiro atoms. The van der Waals surface area contributed by atoms with E-state index < -0.39 is 0 Å². The first-order valence-electron chi connectivity index (χ1n) is 4.11. The van der Waals surface area contributed by atoms with Crippen molar-refractivity contribution in [2.45, 2.75) is 20.5 Å². The summed E-state index contributed by atoms with van der Waals surface area (Å²) in [4.78, 5) is 0. The van der Waals surface area contributed by atoms with E-state index in [1.165, 1.54) is 0 Å². The van der Waals surface area contributed by atoms with Gasteiger partial charge in [-0.2, -0.15) is 0 Å². The molecule has 1 aromatic carbocycles. The molecule has 0 heterocycles. The van der Waals surface area contributed by atoms with Crippen molar-refractivity contribution in [3.63, 3.8) is 0 Å². The van der Waals surface area contributed by atoms with Gasteiger partial charge >= 0.3 is 0 Å². The number of hydrogen-bond donors (Lipinski definition) is 1. The quantitative estimate of drug-likeness (QED) is 0.743. The molecule has 0 atom stereocenters. The van der Waals surface area contributed by atoms with Crippen molar-refractivity contribution < 1.29 is 9.84 Å². The van der Waals surface area contributed by atoms with Crippen molar-refractivity contribution in [3.05, 3.63) is 29.3 Å². The molecule has 0 fully saturated rings. The summed E-state index contributed by atoms with van der Waals surface area (Å²) < 4.78 is 5.37. The molecule has 12 heavy (non-hydrogen) atoms. The van der Waals surface area contributed by atoms with Gasteiger partial charge in [0.2, 0.25) is 0 Å². The first-order valence-corrected chi connectivity index (χ1v) is 4.11. The Morgan fingerprint density at radius 3 is 2.75 bits per heavy atom. The van der Waals surface area contributed by atoms with Gasteiger partial charge in [0.1, 0.15) is 5.75 Å². The average Bonchev–Trinajstić information content (AvgIpc) is 2.09. The van der Waals surface area contributed by atoms with Gasteiger partial charge in [-0.3, -0.25) is 0 Å². The number of ether oxygens (including phenoxy) is 1. The molecule has 0 bridgehead atoms. The van der Waals surface area contributed by atoms with Crippen LogP contribution in [0.2, 0.25) is 0 Å². The van der Waals surface area contributed by atoms with Crippen LogP contribution in [0.4, 0.5) is 0 Å². The molecule has 1 N–H and O–H groups in total. The topological polar surface area (TPSA) is 29.5 Å². The highest BCUT2D eigenvalue weighted by Gasteiger charge is 1.99. The number of hydrogen-bond acceptors (Lipinski definition) is 2. The molecule has 0 aromatic heterocycles. The summed E-state index contributed by atoms with van der Waals surface area (Å²) in [7, 11) is 0. The Balaban J connectivity index is 2.91. The Kier molecular flexibility index (Phi) is 3.11. The molecule has 0 saturated heterocycles. The molecular formula is C10H14O2. The lowest BCUT2D eigenvalue weighted by Crippen LogP contribution is -1.95. The van der Waals surface area contributed by atoms with E-state index in [-0.39, 0.29) is 6.61 Å². The molecule has 0 unspecified atom stereocenters. The van der Waals surface area contributed by atoms with Crippen molar-refractivity contribution in [3.8, 4) is 5.75 Å². The molecule has 0 saturated carbocycles. The van der Waals surface area contributed by atoms with Crippen molar-refractivity contribution >= 4 is 0 Å². The third-order valence-corrected chi connectivity index (χ3v) is 1.73. The van der Waals surface area contributed by atoms with Crippen LogP contribution in [0.25, 0.3) is 0 Å². The van der Waals surface area contributed by atoms with E-state index in [0.29, 0.717) is 6.61 Å². The summed E-state index contributed by atoms with van der Waals surface area (Å²) >= 11 is 0. The SMILES string of the molecule is CCOc1cc(CO)ccc1C. The Hall–Kier alpha value is -1.02. The summed E-state index contributed by atoms with van der Waals surface area (Å²) in [5.41, 5.74) is 2.00. The van der Waals surface area contributed by atoms with Crippen LogP contribution >= 0.6 is 0 Å². The molecule has 0 aliphatic rings. The van der Waals surface area contributed by atoms with Gasteiger partial charge in [0.05, 0.1) is 13.2 Å². The van der Waals surface area contributed by atoms with E-state index >= 15 is 0 Å². The van der Waals surface area contributed by atoms with Crippen LogP contribution in [0.5, 0.6) is 5.75 Å². The first-order chi connectivity index (χ1) is 5.77. The van der Waals surface area contributed by atoms with Gasteiger partial charge in [-0.1, -0.05) is 12.1 Å². The highest BCUT2D eigenvalue weighted by atomic mass is 16.5. The lowest BCUT2D eigenvalue weighted by atomic mass is 10.1. The Morgan fingerprint density at radius 1 is 1.42 bits per heavy atom. The largest absolute Gasteiger partial charge is 0.494 e. The van der Waals surface area contributed by atoms with E-state index in [1.807, 2.05) is 32.0 Å². The molecule has 0 aliphatic heterocycles. The smallest absolute Gasteiger partial charge is 0.122 e. The van der Waals surface area contributed by atoms with E-state index in [9.17, 15) is 0 Å². The van der Waals surface area contributed by atoms with E-state index in [0.717, 1.165) is 16.9 Å². The molecular weight excluding hydrogens is 152 g/mol. The van der Waals surface area contributed by atoms with Gasteiger partial charge < -0.3 is 9.84 Å². The lowest BCUT2D eigenvalue weighted by Gasteiger charge is -2.07. The maximum atomic E-state index is 8.87. The van der Waals surface area contributed by atoms with Gasteiger partial charge in [0.25, 0.3) is 0 Å². The van der Waals surface area contributed by atoms with Crippen LogP contribution in [-0.2, 0) is 6.61 Å². The molecule has 0 radical (unpaired) electrons. The zero-order valence-corrected chi connectivity index (χ0v) is 7.50. The maximum absolute atomic E-state index is 8.87. The Morgan fingerprint density at radius 2 is 2.17 bits per heavy atom. The van der Waals surface area contributed by atoms with Crippen LogP contribution in [0, 0.1) is 6.92 Å². The minimum Gasteiger partial charge on any atom is -0.494 e. The lowest BCUT2D eigenvalue weighted by molar-refractivity contribution is 0.280. The summed E-state index contributed by atoms with van der Waals surface area (Å²) in [5.74, 6) is 0.865. The predicted octanol–water partition coefficient (Wildman–Crippen LogP) is 1.89. The fraction of sp³-hybridized carbons (Fsp3) is 0.400. The highest BCUT2D eigenvalue weighted by molar-refractivity contribution is 5.36. The van der Waals surface area contributed by atoms with Crippen molar-refractivity contribution in [1.29, 1.82) is 0 Å². The summed E-state index contributed by atoms with van der Waals surface area (Å²) in [5, 5.41) is 8.87. The van der Waals surface area contributed by atoms with E-state index in [4.69, 9.17) is 9.84 Å². The average molecular weight is 166 g/mol. The fourth-order valence-corrected chi connectivity index (χ4v) is 1.05. The van der Waals surface area contributed by atoms with E-state index in [1.54, 1.807) is 0 Å². The van der Waals surface area contributed by atoms with Gasteiger partial charge in [0, 0.05) is 0 Å². The number of aliphatic hydroxyl groups excluding tert-OH is 1. The van der Waals surface area contributed by atoms with Crippen LogP contribution in [0.15, 0.2) is 18.2 Å². The first kappa shape index (κ1) is 9.07. The molecule has 2 nitrogen and oxygen atoms in total. The summed E-state index contributed by atoms with van der Waals surface area (Å²) in [6.45, 7) is 4.67. The molecule has 0 amide bonds. The van der Waals surface area contributed by atoms with Crippen LogP contribution in [-0.4, -0.2) is 11.7 Å². The van der Waals surface area contributed by atoms with Gasteiger partial charge in [0.15, 0.2) is 0 Å². The van der Waals surface area contributed by atoms with Crippen molar-refractivity contribution in [1.82, 2.24) is 0 Å². The van der Waals surface area contributed by atoms with Crippen molar-refractivity contribution in [2.24, 2.45) is 0 Å². The third-order valence-electron chi connectivity index (χ3n) is 1.73. The molecule has 66 valence electrons. The van der Waals surface area contributed by atoms with Gasteiger partial charge in [-0.05, 0) is 31.0 Å². The zero-order valence-electron chi connectivity index (χ0n) is 7.50.